The van der Waals surface area contributed by atoms with E-state index < -0.39 is 0 Å². The van der Waals surface area contributed by atoms with E-state index in [-0.39, 0.29) is 10.8 Å². The van der Waals surface area contributed by atoms with E-state index in [1.165, 1.54) is 0 Å². The standard InChI is InChI=1S/C14H23ClO/c1-5-11(16)6-7-12-10(2)13(15)8-9-14(12,3)4/h12-13H,2,5-9H2,1,3-4H3. The topological polar surface area (TPSA) is 17.1 Å². The Balaban J connectivity index is 2.65. The van der Waals surface area contributed by atoms with Crippen molar-refractivity contribution >= 4 is 17.4 Å². The lowest BCUT2D eigenvalue weighted by Crippen LogP contribution is -2.34. The van der Waals surface area contributed by atoms with E-state index in [2.05, 4.69) is 20.4 Å². The van der Waals surface area contributed by atoms with E-state index >= 15 is 0 Å². The second-order valence-corrected chi connectivity index (χ2v) is 6.08. The molecule has 0 N–H and O–H groups in total. The summed E-state index contributed by atoms with van der Waals surface area (Å²) in [5, 5.41) is 0.106. The predicted molar refractivity (Wildman–Crippen MR) is 69.8 cm³/mol. The summed E-state index contributed by atoms with van der Waals surface area (Å²) in [5.41, 5.74) is 1.39. The highest BCUT2D eigenvalue weighted by Crippen LogP contribution is 2.47. The van der Waals surface area contributed by atoms with Crippen LogP contribution >= 0.6 is 11.6 Å². The molecule has 1 nitrogen and oxygen atoms in total. The second kappa shape index (κ2) is 5.35. The number of carbonyl (C=O) groups is 1. The van der Waals surface area contributed by atoms with Crippen molar-refractivity contribution in [1.82, 2.24) is 0 Å². The largest absolute Gasteiger partial charge is 0.300 e. The summed E-state index contributed by atoms with van der Waals surface area (Å²) in [6, 6.07) is 0. The van der Waals surface area contributed by atoms with Gasteiger partial charge < -0.3 is 0 Å². The van der Waals surface area contributed by atoms with Gasteiger partial charge in [0.2, 0.25) is 0 Å². The van der Waals surface area contributed by atoms with Gasteiger partial charge in [-0.25, -0.2) is 0 Å². The fraction of sp³-hybridized carbons (Fsp3) is 0.786. The van der Waals surface area contributed by atoms with Crippen LogP contribution in [0.4, 0.5) is 0 Å². The van der Waals surface area contributed by atoms with Gasteiger partial charge in [0.25, 0.3) is 0 Å². The molecule has 0 saturated heterocycles. The van der Waals surface area contributed by atoms with Gasteiger partial charge in [0, 0.05) is 12.8 Å². The van der Waals surface area contributed by atoms with Gasteiger partial charge in [-0.15, -0.1) is 11.6 Å². The fourth-order valence-corrected chi connectivity index (χ4v) is 2.90. The van der Waals surface area contributed by atoms with Crippen molar-refractivity contribution in [2.75, 3.05) is 0 Å². The number of rotatable bonds is 4. The van der Waals surface area contributed by atoms with E-state index in [1.807, 2.05) is 6.92 Å². The molecule has 0 aromatic rings. The molecule has 92 valence electrons. The van der Waals surface area contributed by atoms with E-state index in [4.69, 9.17) is 11.6 Å². The maximum absolute atomic E-state index is 11.4. The average Bonchev–Trinajstić information content (AvgIpc) is 2.23. The zero-order valence-electron chi connectivity index (χ0n) is 10.7. The van der Waals surface area contributed by atoms with E-state index in [1.54, 1.807) is 0 Å². The average molecular weight is 243 g/mol. The first kappa shape index (κ1) is 13.8. The Labute approximate surface area is 104 Å². The van der Waals surface area contributed by atoms with Gasteiger partial charge in [0.1, 0.15) is 5.78 Å². The van der Waals surface area contributed by atoms with Gasteiger partial charge in [0.05, 0.1) is 5.38 Å². The number of Topliss-reactive ketones (excluding diaryl/α,β-unsaturated/α-hetero) is 1. The molecule has 1 fully saturated rings. The minimum absolute atomic E-state index is 0.106. The first-order valence-corrected chi connectivity index (χ1v) is 6.66. The van der Waals surface area contributed by atoms with Crippen LogP contribution in [-0.2, 0) is 4.79 Å². The number of ketones is 1. The highest BCUT2D eigenvalue weighted by Gasteiger charge is 2.38. The Hall–Kier alpha value is -0.300. The van der Waals surface area contributed by atoms with Gasteiger partial charge in [-0.1, -0.05) is 32.9 Å². The number of alkyl halides is 1. The maximum Gasteiger partial charge on any atom is 0.132 e. The molecule has 2 unspecified atom stereocenters. The third-order valence-electron chi connectivity index (χ3n) is 3.94. The first-order chi connectivity index (χ1) is 7.38. The molecule has 1 saturated carbocycles. The molecule has 0 radical (unpaired) electrons. The Morgan fingerprint density at radius 2 is 2.19 bits per heavy atom. The van der Waals surface area contributed by atoms with Gasteiger partial charge in [0.15, 0.2) is 0 Å². The quantitative estimate of drug-likeness (QED) is 0.529. The lowest BCUT2D eigenvalue weighted by molar-refractivity contribution is -0.119. The molecule has 0 heterocycles. The lowest BCUT2D eigenvalue weighted by atomic mass is 9.65. The zero-order valence-corrected chi connectivity index (χ0v) is 11.4. The van der Waals surface area contributed by atoms with Crippen molar-refractivity contribution in [2.45, 2.75) is 58.3 Å². The van der Waals surface area contributed by atoms with Crippen LogP contribution in [0.25, 0.3) is 0 Å². The predicted octanol–water partition coefficient (Wildman–Crippen LogP) is 4.35. The molecule has 2 atom stereocenters. The summed E-state index contributed by atoms with van der Waals surface area (Å²) in [5.74, 6) is 0.750. The van der Waals surface area contributed by atoms with Crippen LogP contribution in [0.1, 0.15) is 52.9 Å². The number of allylic oxidation sites excluding steroid dienone is 1. The number of halogens is 1. The van der Waals surface area contributed by atoms with Crippen LogP contribution in [0, 0.1) is 11.3 Å². The number of hydrogen-bond donors (Lipinski definition) is 0. The normalized spacial score (nSPS) is 29.1. The van der Waals surface area contributed by atoms with Crippen molar-refractivity contribution in [2.24, 2.45) is 11.3 Å². The summed E-state index contributed by atoms with van der Waals surface area (Å²) < 4.78 is 0. The molecule has 0 aromatic heterocycles. The molecular weight excluding hydrogens is 220 g/mol. The fourth-order valence-electron chi connectivity index (χ4n) is 2.64. The first-order valence-electron chi connectivity index (χ1n) is 6.23. The lowest BCUT2D eigenvalue weighted by Gasteiger charge is -2.42. The molecular formula is C14H23ClO. The molecule has 0 aliphatic heterocycles. The third-order valence-corrected chi connectivity index (χ3v) is 4.44. The molecule has 16 heavy (non-hydrogen) atoms. The summed E-state index contributed by atoms with van der Waals surface area (Å²) in [6.45, 7) is 10.6. The molecule has 0 spiro atoms. The highest BCUT2D eigenvalue weighted by atomic mass is 35.5. The Morgan fingerprint density at radius 3 is 2.75 bits per heavy atom. The minimum Gasteiger partial charge on any atom is -0.300 e. The van der Waals surface area contributed by atoms with Crippen molar-refractivity contribution in [3.8, 4) is 0 Å². The van der Waals surface area contributed by atoms with Crippen molar-refractivity contribution < 1.29 is 4.79 Å². The van der Waals surface area contributed by atoms with Gasteiger partial charge in [-0.05, 0) is 30.6 Å². The van der Waals surface area contributed by atoms with Gasteiger partial charge in [-0.2, -0.15) is 0 Å². The van der Waals surface area contributed by atoms with Crippen molar-refractivity contribution in [3.63, 3.8) is 0 Å². The zero-order chi connectivity index (χ0) is 12.3. The van der Waals surface area contributed by atoms with Crippen LogP contribution < -0.4 is 0 Å². The minimum atomic E-state index is 0.106. The summed E-state index contributed by atoms with van der Waals surface area (Å²) in [4.78, 5) is 11.4. The van der Waals surface area contributed by atoms with E-state index in [0.717, 1.165) is 24.8 Å². The molecule has 1 rings (SSSR count). The SMILES string of the molecule is C=C1C(Cl)CCC(C)(C)C1CCC(=O)CC. The smallest absolute Gasteiger partial charge is 0.132 e. The second-order valence-electron chi connectivity index (χ2n) is 5.55. The van der Waals surface area contributed by atoms with Crippen LogP contribution in [0.15, 0.2) is 12.2 Å². The molecule has 2 heteroatoms. The molecule has 1 aliphatic rings. The van der Waals surface area contributed by atoms with Crippen molar-refractivity contribution in [1.29, 1.82) is 0 Å². The molecule has 0 bridgehead atoms. The Bertz CT molecular complexity index is 280. The summed E-state index contributed by atoms with van der Waals surface area (Å²) in [6.07, 6.45) is 4.38. The molecule has 1 aliphatic carbocycles. The van der Waals surface area contributed by atoms with Gasteiger partial charge in [-0.3, -0.25) is 4.79 Å². The highest BCUT2D eigenvalue weighted by molar-refractivity contribution is 6.22. The van der Waals surface area contributed by atoms with Crippen LogP contribution in [-0.4, -0.2) is 11.2 Å². The monoisotopic (exact) mass is 242 g/mol. The van der Waals surface area contributed by atoms with Crippen LogP contribution in [0.2, 0.25) is 0 Å². The number of carbonyl (C=O) groups excluding carboxylic acids is 1. The number of hydrogen-bond acceptors (Lipinski definition) is 1. The Kier molecular flexibility index (Phi) is 4.61. The summed E-state index contributed by atoms with van der Waals surface area (Å²) in [7, 11) is 0. The summed E-state index contributed by atoms with van der Waals surface area (Å²) >= 11 is 6.25. The molecule has 0 amide bonds. The van der Waals surface area contributed by atoms with E-state index in [0.29, 0.717) is 24.5 Å². The maximum atomic E-state index is 11.4. The van der Waals surface area contributed by atoms with Crippen LogP contribution in [0.3, 0.4) is 0 Å². The van der Waals surface area contributed by atoms with Crippen LogP contribution in [0.5, 0.6) is 0 Å². The third kappa shape index (κ3) is 3.10. The van der Waals surface area contributed by atoms with Gasteiger partial charge >= 0.3 is 0 Å². The van der Waals surface area contributed by atoms with Crippen molar-refractivity contribution in [3.05, 3.63) is 12.2 Å². The van der Waals surface area contributed by atoms with E-state index in [9.17, 15) is 4.79 Å². The Morgan fingerprint density at radius 1 is 1.56 bits per heavy atom. The molecule has 0 aromatic carbocycles.